The number of nitrogens with one attached hydrogen (secondary N) is 1. The van der Waals surface area contributed by atoms with Gasteiger partial charge >= 0.3 is 0 Å². The minimum absolute atomic E-state index is 0.390. The van der Waals surface area contributed by atoms with E-state index in [1.54, 1.807) is 24.0 Å². The molecule has 0 saturated heterocycles. The molecule has 23 heavy (non-hydrogen) atoms. The summed E-state index contributed by atoms with van der Waals surface area (Å²) in [4.78, 5) is 9.77. The zero-order valence-electron chi connectivity index (χ0n) is 12.9. The van der Waals surface area contributed by atoms with Crippen LogP contribution < -0.4 is 10.2 Å². The first-order valence-electron chi connectivity index (χ1n) is 7.52. The van der Waals surface area contributed by atoms with Crippen LogP contribution in [0.15, 0.2) is 52.5 Å². The van der Waals surface area contributed by atoms with Crippen LogP contribution in [0.1, 0.15) is 18.4 Å². The van der Waals surface area contributed by atoms with Crippen LogP contribution in [0.4, 0.5) is 0 Å². The molecule has 6 heteroatoms. The first-order chi connectivity index (χ1) is 11.3. The van der Waals surface area contributed by atoms with Crippen molar-refractivity contribution in [2.75, 3.05) is 12.8 Å². The van der Waals surface area contributed by atoms with Crippen LogP contribution in [0.2, 0.25) is 0 Å². The van der Waals surface area contributed by atoms with Crippen LogP contribution >= 0.6 is 11.8 Å². The van der Waals surface area contributed by atoms with Crippen molar-refractivity contribution in [3.63, 3.8) is 0 Å². The van der Waals surface area contributed by atoms with Crippen molar-refractivity contribution in [2.45, 2.75) is 17.7 Å². The van der Waals surface area contributed by atoms with Crippen LogP contribution in [0.25, 0.3) is 0 Å². The quantitative estimate of drug-likeness (QED) is 0.366. The smallest absolute Gasteiger partial charge is 0.230 e. The molecule has 1 aliphatic rings. The number of thioether (sulfide) groups is 1. The topological polar surface area (TPSA) is 66.7 Å². The molecule has 1 heterocycles. The molecule has 0 amide bonds. The SMILES string of the molecule is CSc1ccccc1Oc1ncccc1C(=NCC1CC1)NO. The van der Waals surface area contributed by atoms with E-state index < -0.39 is 0 Å². The van der Waals surface area contributed by atoms with E-state index in [1.807, 2.05) is 36.6 Å². The average molecular weight is 329 g/mol. The van der Waals surface area contributed by atoms with Crippen molar-refractivity contribution in [3.8, 4) is 11.6 Å². The van der Waals surface area contributed by atoms with Gasteiger partial charge in [-0.2, -0.15) is 0 Å². The number of hydrogen-bond acceptors (Lipinski definition) is 5. The second-order valence-electron chi connectivity index (χ2n) is 5.35. The van der Waals surface area contributed by atoms with Crippen LogP contribution in [0.3, 0.4) is 0 Å². The molecule has 0 bridgehead atoms. The van der Waals surface area contributed by atoms with Crippen molar-refractivity contribution in [2.24, 2.45) is 10.9 Å². The monoisotopic (exact) mass is 329 g/mol. The molecule has 0 atom stereocenters. The van der Waals surface area contributed by atoms with Gasteiger partial charge in [0.25, 0.3) is 0 Å². The molecular weight excluding hydrogens is 310 g/mol. The number of rotatable bonds is 6. The number of aromatic nitrogens is 1. The Hall–Kier alpha value is -2.05. The maximum absolute atomic E-state index is 9.44. The summed E-state index contributed by atoms with van der Waals surface area (Å²) in [5.41, 5.74) is 2.83. The van der Waals surface area contributed by atoms with Crippen molar-refractivity contribution >= 4 is 17.6 Å². The molecule has 1 fully saturated rings. The largest absolute Gasteiger partial charge is 0.437 e. The van der Waals surface area contributed by atoms with Crippen molar-refractivity contribution in [1.82, 2.24) is 10.5 Å². The number of ether oxygens (including phenoxy) is 1. The Morgan fingerprint density at radius 2 is 2.17 bits per heavy atom. The summed E-state index contributed by atoms with van der Waals surface area (Å²) in [5, 5.41) is 9.44. The van der Waals surface area contributed by atoms with Gasteiger partial charge in [0.2, 0.25) is 5.88 Å². The highest BCUT2D eigenvalue weighted by molar-refractivity contribution is 7.98. The Morgan fingerprint density at radius 1 is 1.35 bits per heavy atom. The zero-order chi connectivity index (χ0) is 16.1. The molecule has 1 aromatic carbocycles. The molecule has 2 aromatic rings. The third-order valence-corrected chi connectivity index (χ3v) is 4.39. The number of nitrogens with zero attached hydrogens (tertiary/aromatic N) is 2. The number of para-hydroxylation sites is 1. The highest BCUT2D eigenvalue weighted by atomic mass is 32.2. The lowest BCUT2D eigenvalue weighted by Gasteiger charge is -2.13. The number of amidine groups is 1. The normalized spacial score (nSPS) is 14.6. The number of benzene rings is 1. The first-order valence-corrected chi connectivity index (χ1v) is 8.75. The lowest BCUT2D eigenvalue weighted by Crippen LogP contribution is -2.22. The van der Waals surface area contributed by atoms with Gasteiger partial charge in [-0.25, -0.2) is 4.98 Å². The number of hydrogen-bond donors (Lipinski definition) is 2. The van der Waals surface area contributed by atoms with Gasteiger partial charge in [-0.3, -0.25) is 15.7 Å². The van der Waals surface area contributed by atoms with Gasteiger partial charge in [0.1, 0.15) is 5.75 Å². The van der Waals surface area contributed by atoms with Gasteiger partial charge in [-0.1, -0.05) is 12.1 Å². The molecule has 1 saturated carbocycles. The molecule has 1 aromatic heterocycles. The van der Waals surface area contributed by atoms with E-state index in [-0.39, 0.29) is 0 Å². The standard InChI is InChI=1S/C17H19N3O2S/c1-23-15-7-3-2-6-14(15)22-17-13(5-4-10-18-17)16(20-21)19-11-12-8-9-12/h2-7,10,12,21H,8-9,11H2,1H3,(H,19,20). The maximum atomic E-state index is 9.44. The molecule has 3 rings (SSSR count). The summed E-state index contributed by atoms with van der Waals surface area (Å²) in [6.07, 6.45) is 6.08. The van der Waals surface area contributed by atoms with E-state index in [0.717, 1.165) is 10.6 Å². The molecule has 120 valence electrons. The van der Waals surface area contributed by atoms with E-state index in [1.165, 1.54) is 12.8 Å². The van der Waals surface area contributed by atoms with E-state index >= 15 is 0 Å². The number of hydroxylamine groups is 1. The molecule has 0 radical (unpaired) electrons. The van der Waals surface area contributed by atoms with Crippen molar-refractivity contribution in [3.05, 3.63) is 48.2 Å². The molecule has 0 spiro atoms. The third-order valence-electron chi connectivity index (χ3n) is 3.61. The zero-order valence-corrected chi connectivity index (χ0v) is 13.7. The van der Waals surface area contributed by atoms with E-state index in [0.29, 0.717) is 29.7 Å². The van der Waals surface area contributed by atoms with E-state index in [2.05, 4.69) is 15.5 Å². The molecule has 5 nitrogen and oxygen atoms in total. The molecular formula is C17H19N3O2S. The summed E-state index contributed by atoms with van der Waals surface area (Å²) in [6.45, 7) is 0.707. The summed E-state index contributed by atoms with van der Waals surface area (Å²) in [7, 11) is 0. The lowest BCUT2D eigenvalue weighted by molar-refractivity contribution is 0.234. The summed E-state index contributed by atoms with van der Waals surface area (Å²) in [6, 6.07) is 11.4. The minimum atomic E-state index is 0.390. The molecule has 0 aliphatic heterocycles. The average Bonchev–Trinajstić information content (AvgIpc) is 3.41. The van der Waals surface area contributed by atoms with Crippen molar-refractivity contribution in [1.29, 1.82) is 0 Å². The third kappa shape index (κ3) is 4.03. The highest BCUT2D eigenvalue weighted by Crippen LogP contribution is 2.32. The fourth-order valence-corrected chi connectivity index (χ4v) is 2.69. The molecule has 1 aliphatic carbocycles. The summed E-state index contributed by atoms with van der Waals surface area (Å²) >= 11 is 1.61. The van der Waals surface area contributed by atoms with Crippen LogP contribution in [-0.2, 0) is 0 Å². The summed E-state index contributed by atoms with van der Waals surface area (Å²) in [5.74, 6) is 2.18. The van der Waals surface area contributed by atoms with Gasteiger partial charge in [0, 0.05) is 17.6 Å². The predicted octanol–water partition coefficient (Wildman–Crippen LogP) is 3.73. The first kappa shape index (κ1) is 15.8. The Balaban J connectivity index is 1.88. The van der Waals surface area contributed by atoms with Gasteiger partial charge in [0.15, 0.2) is 5.84 Å². The fourth-order valence-electron chi connectivity index (χ4n) is 2.16. The Bertz CT molecular complexity index is 702. The Labute approximate surface area is 139 Å². The van der Waals surface area contributed by atoms with E-state index in [4.69, 9.17) is 4.74 Å². The number of pyridine rings is 1. The Kier molecular flexibility index (Phi) is 5.15. The van der Waals surface area contributed by atoms with Crippen LogP contribution in [-0.4, -0.2) is 28.8 Å². The van der Waals surface area contributed by atoms with Crippen molar-refractivity contribution < 1.29 is 9.94 Å². The van der Waals surface area contributed by atoms with E-state index in [9.17, 15) is 5.21 Å². The highest BCUT2D eigenvalue weighted by Gasteiger charge is 2.21. The van der Waals surface area contributed by atoms with Gasteiger partial charge in [0.05, 0.1) is 5.56 Å². The molecule has 0 unspecified atom stereocenters. The maximum Gasteiger partial charge on any atom is 0.230 e. The lowest BCUT2D eigenvalue weighted by atomic mass is 10.2. The van der Waals surface area contributed by atoms with Gasteiger partial charge in [-0.05, 0) is 49.3 Å². The molecule has 2 N–H and O–H groups in total. The van der Waals surface area contributed by atoms with Crippen LogP contribution in [0.5, 0.6) is 11.6 Å². The van der Waals surface area contributed by atoms with Gasteiger partial charge in [-0.15, -0.1) is 11.8 Å². The second-order valence-corrected chi connectivity index (χ2v) is 6.20. The Morgan fingerprint density at radius 3 is 2.91 bits per heavy atom. The van der Waals surface area contributed by atoms with Gasteiger partial charge < -0.3 is 4.74 Å². The predicted molar refractivity (Wildman–Crippen MR) is 91.6 cm³/mol. The van der Waals surface area contributed by atoms with Crippen LogP contribution in [0, 0.1) is 5.92 Å². The second kappa shape index (κ2) is 7.48. The number of aliphatic imine (C=N–C) groups is 1. The fraction of sp³-hybridized carbons (Fsp3) is 0.294. The summed E-state index contributed by atoms with van der Waals surface area (Å²) < 4.78 is 5.97. The minimum Gasteiger partial charge on any atom is -0.437 e.